The van der Waals surface area contributed by atoms with E-state index in [2.05, 4.69) is 4.74 Å². The Morgan fingerprint density at radius 3 is 2.48 bits per heavy atom. The number of phenolic OH excluding ortho intramolecular Hbond substituents is 1. The van der Waals surface area contributed by atoms with Crippen molar-refractivity contribution in [3.8, 4) is 27.7 Å². The molecule has 0 amide bonds. The molecule has 0 aliphatic carbocycles. The maximum atomic E-state index is 11.2. The van der Waals surface area contributed by atoms with Crippen LogP contribution in [0.1, 0.15) is 5.56 Å². The predicted molar refractivity (Wildman–Crippen MR) is 116 cm³/mol. The van der Waals surface area contributed by atoms with E-state index in [1.807, 2.05) is 60.7 Å². The first-order valence-electron chi connectivity index (χ1n) is 8.99. The van der Waals surface area contributed by atoms with Gasteiger partial charge in [0.05, 0.1) is 12.0 Å². The van der Waals surface area contributed by atoms with Crippen LogP contribution in [0, 0.1) is 0 Å². The molecule has 0 spiro atoms. The number of methoxy groups -OCH3 is 1. The molecule has 0 fully saturated rings. The first-order valence-corrected chi connectivity index (χ1v) is 9.80. The van der Waals surface area contributed by atoms with Crippen LogP contribution in [-0.4, -0.2) is 18.2 Å². The van der Waals surface area contributed by atoms with Gasteiger partial charge in [-0.2, -0.15) is 0 Å². The molecule has 0 bridgehead atoms. The van der Waals surface area contributed by atoms with Gasteiger partial charge in [-0.15, -0.1) is 11.3 Å². The van der Waals surface area contributed by atoms with Gasteiger partial charge >= 0.3 is 5.97 Å². The third kappa shape index (κ3) is 4.15. The number of benzene rings is 3. The predicted octanol–water partition coefficient (Wildman–Crippen LogP) is 6.25. The number of carbonyl (C=O) groups excluding carboxylic acids is 1. The van der Waals surface area contributed by atoms with Crippen molar-refractivity contribution in [2.75, 3.05) is 7.11 Å². The van der Waals surface area contributed by atoms with Crippen molar-refractivity contribution in [3.05, 3.63) is 84.4 Å². The van der Waals surface area contributed by atoms with Crippen LogP contribution in [0.25, 0.3) is 26.6 Å². The second-order valence-corrected chi connectivity index (χ2v) is 7.39. The van der Waals surface area contributed by atoms with Gasteiger partial charge in [-0.05, 0) is 47.5 Å². The Kier molecular flexibility index (Phi) is 5.31. The van der Waals surface area contributed by atoms with Gasteiger partial charge in [-0.1, -0.05) is 42.5 Å². The Balaban J connectivity index is 1.70. The van der Waals surface area contributed by atoms with Gasteiger partial charge in [0.1, 0.15) is 11.5 Å². The largest absolute Gasteiger partial charge is 0.508 e. The molecule has 144 valence electrons. The zero-order valence-corrected chi connectivity index (χ0v) is 16.5. The van der Waals surface area contributed by atoms with Crippen LogP contribution >= 0.6 is 11.3 Å². The summed E-state index contributed by atoms with van der Waals surface area (Å²) in [4.78, 5) is 12.2. The number of thiophene rings is 1. The van der Waals surface area contributed by atoms with Crippen molar-refractivity contribution in [3.63, 3.8) is 0 Å². The molecule has 0 aliphatic heterocycles. The maximum Gasteiger partial charge on any atom is 0.330 e. The molecule has 0 unspecified atom stereocenters. The van der Waals surface area contributed by atoms with Gasteiger partial charge in [0.25, 0.3) is 0 Å². The van der Waals surface area contributed by atoms with E-state index in [0.717, 1.165) is 31.8 Å². The molecular formula is C24H18O4S. The Labute approximate surface area is 172 Å². The number of ether oxygens (including phenoxy) is 2. The molecule has 1 aromatic heterocycles. The summed E-state index contributed by atoms with van der Waals surface area (Å²) in [6.07, 6.45) is 3.07. The number of hydrogen-bond donors (Lipinski definition) is 1. The summed E-state index contributed by atoms with van der Waals surface area (Å²) in [5.74, 6) is 1.27. The Morgan fingerprint density at radius 2 is 1.76 bits per heavy atom. The van der Waals surface area contributed by atoms with E-state index in [0.29, 0.717) is 5.75 Å². The minimum Gasteiger partial charge on any atom is -0.508 e. The van der Waals surface area contributed by atoms with E-state index in [4.69, 9.17) is 4.74 Å². The second kappa shape index (κ2) is 8.20. The maximum absolute atomic E-state index is 11.2. The summed E-state index contributed by atoms with van der Waals surface area (Å²) < 4.78 is 11.8. The molecule has 0 atom stereocenters. The van der Waals surface area contributed by atoms with E-state index in [1.165, 1.54) is 13.2 Å². The quantitative estimate of drug-likeness (QED) is 0.316. The fourth-order valence-electron chi connectivity index (χ4n) is 2.94. The number of hydrogen-bond acceptors (Lipinski definition) is 5. The number of esters is 1. The minimum absolute atomic E-state index is 0.228. The monoisotopic (exact) mass is 402 g/mol. The number of carbonyl (C=O) groups is 1. The SMILES string of the molecule is COC(=O)/C=C/c1ccc(Oc2c(-c3ccccc3)sc3cc(O)ccc23)cc1. The standard InChI is InChI=1S/C24H18O4S/c1-27-22(26)14-9-16-7-11-19(12-8-16)28-23-20-13-10-18(25)15-21(20)29-24(23)17-5-3-2-4-6-17/h2-15,25H,1H3/b14-9+. The van der Waals surface area contributed by atoms with E-state index >= 15 is 0 Å². The average molecular weight is 402 g/mol. The lowest BCUT2D eigenvalue weighted by Gasteiger charge is -2.08. The Bertz CT molecular complexity index is 1170. The topological polar surface area (TPSA) is 55.8 Å². The van der Waals surface area contributed by atoms with Gasteiger partial charge in [0.15, 0.2) is 5.75 Å². The molecule has 0 aliphatic rings. The lowest BCUT2D eigenvalue weighted by atomic mass is 10.1. The fraction of sp³-hybridized carbons (Fsp3) is 0.0417. The first-order chi connectivity index (χ1) is 14.1. The van der Waals surface area contributed by atoms with Crippen molar-refractivity contribution in [2.24, 2.45) is 0 Å². The molecule has 3 aromatic carbocycles. The molecular weight excluding hydrogens is 384 g/mol. The summed E-state index contributed by atoms with van der Waals surface area (Å²) in [6.45, 7) is 0. The van der Waals surface area contributed by atoms with Crippen molar-refractivity contribution < 1.29 is 19.4 Å². The van der Waals surface area contributed by atoms with E-state index < -0.39 is 5.97 Å². The molecule has 4 nitrogen and oxygen atoms in total. The summed E-state index contributed by atoms with van der Waals surface area (Å²) in [5.41, 5.74) is 1.92. The lowest BCUT2D eigenvalue weighted by Crippen LogP contribution is -1.93. The highest BCUT2D eigenvalue weighted by molar-refractivity contribution is 7.22. The third-order valence-electron chi connectivity index (χ3n) is 4.38. The van der Waals surface area contributed by atoms with E-state index in [-0.39, 0.29) is 5.75 Å². The first kappa shape index (κ1) is 18.8. The van der Waals surface area contributed by atoms with Crippen molar-refractivity contribution in [2.45, 2.75) is 0 Å². The molecule has 1 heterocycles. The van der Waals surface area contributed by atoms with Gasteiger partial charge in [0.2, 0.25) is 0 Å². The Hall–Kier alpha value is -3.57. The zero-order valence-electron chi connectivity index (χ0n) is 15.7. The number of fused-ring (bicyclic) bond motifs is 1. The van der Waals surface area contributed by atoms with Gasteiger partial charge in [-0.25, -0.2) is 4.79 Å². The van der Waals surface area contributed by atoms with Gasteiger partial charge in [0, 0.05) is 16.2 Å². The molecule has 0 radical (unpaired) electrons. The van der Waals surface area contributed by atoms with Gasteiger partial charge < -0.3 is 14.6 Å². The van der Waals surface area contributed by atoms with Crippen LogP contribution in [0.5, 0.6) is 17.2 Å². The number of phenols is 1. The molecule has 4 aromatic rings. The van der Waals surface area contributed by atoms with Crippen LogP contribution in [0.2, 0.25) is 0 Å². The molecule has 5 heteroatoms. The highest BCUT2D eigenvalue weighted by Crippen LogP contribution is 2.47. The fourth-order valence-corrected chi connectivity index (χ4v) is 4.11. The van der Waals surface area contributed by atoms with Crippen LogP contribution in [-0.2, 0) is 9.53 Å². The lowest BCUT2D eigenvalue weighted by molar-refractivity contribution is -0.134. The molecule has 0 saturated carbocycles. The molecule has 4 rings (SSSR count). The Morgan fingerprint density at radius 1 is 1.00 bits per heavy atom. The number of aromatic hydroxyl groups is 1. The molecule has 1 N–H and O–H groups in total. The molecule has 29 heavy (non-hydrogen) atoms. The number of rotatable bonds is 5. The normalized spacial score (nSPS) is 11.1. The van der Waals surface area contributed by atoms with Crippen LogP contribution < -0.4 is 4.74 Å². The van der Waals surface area contributed by atoms with Crippen LogP contribution in [0.4, 0.5) is 0 Å². The smallest absolute Gasteiger partial charge is 0.330 e. The second-order valence-electron chi connectivity index (χ2n) is 6.33. The van der Waals surface area contributed by atoms with Crippen molar-refractivity contribution in [1.82, 2.24) is 0 Å². The highest BCUT2D eigenvalue weighted by atomic mass is 32.1. The summed E-state index contributed by atoms with van der Waals surface area (Å²) >= 11 is 1.58. The van der Waals surface area contributed by atoms with E-state index in [9.17, 15) is 9.90 Å². The third-order valence-corrected chi connectivity index (χ3v) is 5.56. The average Bonchev–Trinajstić information content (AvgIpc) is 3.11. The van der Waals surface area contributed by atoms with Crippen molar-refractivity contribution in [1.29, 1.82) is 0 Å². The molecule has 0 saturated heterocycles. The van der Waals surface area contributed by atoms with Gasteiger partial charge in [-0.3, -0.25) is 0 Å². The van der Waals surface area contributed by atoms with Crippen LogP contribution in [0.3, 0.4) is 0 Å². The minimum atomic E-state index is -0.397. The van der Waals surface area contributed by atoms with Crippen LogP contribution in [0.15, 0.2) is 78.9 Å². The highest BCUT2D eigenvalue weighted by Gasteiger charge is 2.16. The summed E-state index contributed by atoms with van der Waals surface area (Å²) in [7, 11) is 1.35. The van der Waals surface area contributed by atoms with Crippen molar-refractivity contribution >= 4 is 33.5 Å². The zero-order chi connectivity index (χ0) is 20.2. The summed E-state index contributed by atoms with van der Waals surface area (Å²) in [5, 5.41) is 10.8. The summed E-state index contributed by atoms with van der Waals surface area (Å²) in [6, 6.07) is 22.8. The van der Waals surface area contributed by atoms with E-state index in [1.54, 1.807) is 29.5 Å².